The minimum absolute atomic E-state index is 0.432. The van der Waals surface area contributed by atoms with Crippen molar-refractivity contribution in [1.29, 1.82) is 0 Å². The Morgan fingerprint density at radius 1 is 0.344 bits per heavy atom. The van der Waals surface area contributed by atoms with Gasteiger partial charge >= 0.3 is 0 Å². The SMILES string of the molecule is c1ccc(-c2ccccc2N(c2ccc(-c3cccc4ccccc34)cc2)c2ccc3c(c2)C2(c4ccccc4-3)c3cc(C4CCCC4)ccc3-c3ccc(C4CCCC4)cc32)cc1. The zero-order valence-corrected chi connectivity index (χ0v) is 36.3. The fourth-order valence-electron chi connectivity index (χ4n) is 12.6. The van der Waals surface area contributed by atoms with Crippen molar-refractivity contribution in [3.8, 4) is 44.5 Å². The number of hydrogen-bond acceptors (Lipinski definition) is 1. The van der Waals surface area contributed by atoms with Crippen molar-refractivity contribution in [3.05, 3.63) is 234 Å². The van der Waals surface area contributed by atoms with E-state index in [1.54, 1.807) is 0 Å². The van der Waals surface area contributed by atoms with Crippen LogP contribution in [0.1, 0.15) is 96.6 Å². The van der Waals surface area contributed by atoms with Gasteiger partial charge in [0.15, 0.2) is 0 Å². The molecule has 4 aliphatic rings. The number of anilines is 3. The van der Waals surface area contributed by atoms with Crippen molar-refractivity contribution in [2.45, 2.75) is 68.6 Å². The first-order valence-corrected chi connectivity index (χ1v) is 23.8. The van der Waals surface area contributed by atoms with E-state index in [1.165, 1.54) is 146 Å². The van der Waals surface area contributed by atoms with Crippen LogP contribution in [0.2, 0.25) is 0 Å². The summed E-state index contributed by atoms with van der Waals surface area (Å²) in [5, 5.41) is 2.54. The van der Waals surface area contributed by atoms with Gasteiger partial charge in [-0.2, -0.15) is 0 Å². The predicted molar refractivity (Wildman–Crippen MR) is 268 cm³/mol. The summed E-state index contributed by atoms with van der Waals surface area (Å²) in [6.45, 7) is 0. The summed E-state index contributed by atoms with van der Waals surface area (Å²) in [6.07, 6.45) is 10.5. The van der Waals surface area contributed by atoms with Crippen molar-refractivity contribution in [1.82, 2.24) is 0 Å². The van der Waals surface area contributed by atoms with Crippen LogP contribution in [-0.2, 0) is 5.41 Å². The Kier molecular flexibility index (Phi) is 8.87. The molecule has 9 aromatic carbocycles. The summed E-state index contributed by atoms with van der Waals surface area (Å²) < 4.78 is 0. The van der Waals surface area contributed by atoms with E-state index in [0.717, 1.165) is 11.4 Å². The molecular weight excluding hydrogens is 771 g/mol. The normalized spacial score (nSPS) is 15.9. The molecule has 4 aliphatic carbocycles. The second-order valence-electron chi connectivity index (χ2n) is 18.9. The van der Waals surface area contributed by atoms with Crippen LogP contribution in [0.25, 0.3) is 55.3 Å². The fourth-order valence-corrected chi connectivity index (χ4v) is 12.6. The molecular formula is C63H51N. The van der Waals surface area contributed by atoms with Gasteiger partial charge in [-0.05, 0) is 151 Å². The fraction of sp³-hybridized carbons (Fsp3) is 0.175. The Labute approximate surface area is 377 Å². The third-order valence-corrected chi connectivity index (χ3v) is 15.6. The largest absolute Gasteiger partial charge is 0.310 e. The van der Waals surface area contributed by atoms with Gasteiger partial charge in [-0.25, -0.2) is 0 Å². The van der Waals surface area contributed by atoms with Gasteiger partial charge in [0.2, 0.25) is 0 Å². The molecule has 2 saturated carbocycles. The first kappa shape index (κ1) is 37.6. The molecule has 308 valence electrons. The maximum Gasteiger partial charge on any atom is 0.0726 e. The Morgan fingerprint density at radius 2 is 0.844 bits per heavy atom. The molecule has 64 heavy (non-hydrogen) atoms. The smallest absolute Gasteiger partial charge is 0.0726 e. The molecule has 0 unspecified atom stereocenters. The van der Waals surface area contributed by atoms with Crippen LogP contribution in [0.15, 0.2) is 200 Å². The lowest BCUT2D eigenvalue weighted by Gasteiger charge is -2.33. The van der Waals surface area contributed by atoms with Crippen molar-refractivity contribution in [2.24, 2.45) is 0 Å². The summed E-state index contributed by atoms with van der Waals surface area (Å²) in [4.78, 5) is 2.52. The molecule has 0 saturated heterocycles. The van der Waals surface area contributed by atoms with Crippen LogP contribution in [0, 0.1) is 0 Å². The van der Waals surface area contributed by atoms with E-state index in [4.69, 9.17) is 0 Å². The van der Waals surface area contributed by atoms with E-state index >= 15 is 0 Å². The molecule has 0 amide bonds. The Balaban J connectivity index is 1.05. The Morgan fingerprint density at radius 3 is 1.55 bits per heavy atom. The van der Waals surface area contributed by atoms with Crippen molar-refractivity contribution in [3.63, 3.8) is 0 Å². The molecule has 1 heteroatoms. The molecule has 0 aliphatic heterocycles. The quantitative estimate of drug-likeness (QED) is 0.155. The lowest BCUT2D eigenvalue weighted by atomic mass is 9.69. The lowest BCUT2D eigenvalue weighted by Crippen LogP contribution is -2.26. The summed E-state index contributed by atoms with van der Waals surface area (Å²) in [5.74, 6) is 1.26. The molecule has 9 aromatic rings. The first-order valence-electron chi connectivity index (χ1n) is 23.8. The highest BCUT2D eigenvalue weighted by Crippen LogP contribution is 2.64. The zero-order valence-electron chi connectivity index (χ0n) is 36.3. The topological polar surface area (TPSA) is 3.24 Å². The van der Waals surface area contributed by atoms with Crippen LogP contribution in [-0.4, -0.2) is 0 Å². The second-order valence-corrected chi connectivity index (χ2v) is 18.9. The van der Waals surface area contributed by atoms with Gasteiger partial charge in [-0.3, -0.25) is 0 Å². The number of para-hydroxylation sites is 1. The monoisotopic (exact) mass is 821 g/mol. The van der Waals surface area contributed by atoms with Gasteiger partial charge in [0.1, 0.15) is 0 Å². The number of rotatable bonds is 7. The summed E-state index contributed by atoms with van der Waals surface area (Å²) >= 11 is 0. The highest BCUT2D eigenvalue weighted by molar-refractivity contribution is 5.99. The van der Waals surface area contributed by atoms with Crippen LogP contribution < -0.4 is 4.90 Å². The molecule has 2 fully saturated rings. The van der Waals surface area contributed by atoms with E-state index < -0.39 is 5.41 Å². The van der Waals surface area contributed by atoms with Crippen molar-refractivity contribution < 1.29 is 0 Å². The van der Waals surface area contributed by atoms with Crippen molar-refractivity contribution >= 4 is 27.8 Å². The molecule has 1 nitrogen and oxygen atoms in total. The highest BCUT2D eigenvalue weighted by atomic mass is 15.1. The van der Waals surface area contributed by atoms with Crippen LogP contribution in [0.5, 0.6) is 0 Å². The third kappa shape index (κ3) is 5.76. The van der Waals surface area contributed by atoms with E-state index in [0.29, 0.717) is 11.8 Å². The van der Waals surface area contributed by atoms with Crippen LogP contribution in [0.4, 0.5) is 17.1 Å². The molecule has 0 atom stereocenters. The molecule has 0 bridgehead atoms. The number of hydrogen-bond donors (Lipinski definition) is 0. The Bertz CT molecular complexity index is 3160. The highest BCUT2D eigenvalue weighted by Gasteiger charge is 2.52. The lowest BCUT2D eigenvalue weighted by molar-refractivity contribution is 0.710. The molecule has 1 spiro atoms. The Hall–Kier alpha value is -6.96. The number of benzene rings is 9. The molecule has 13 rings (SSSR count). The summed E-state index contributed by atoms with van der Waals surface area (Å²) in [5.41, 5.74) is 22.2. The average Bonchev–Trinajstić information content (AvgIpc) is 4.20. The first-order chi connectivity index (χ1) is 31.7. The maximum atomic E-state index is 2.66. The second kappa shape index (κ2) is 15.1. The third-order valence-electron chi connectivity index (χ3n) is 15.6. The van der Waals surface area contributed by atoms with E-state index in [9.17, 15) is 0 Å². The van der Waals surface area contributed by atoms with Crippen LogP contribution in [0.3, 0.4) is 0 Å². The minimum atomic E-state index is -0.432. The van der Waals surface area contributed by atoms with E-state index in [1.807, 2.05) is 0 Å². The molecule has 0 aromatic heterocycles. The minimum Gasteiger partial charge on any atom is -0.310 e. The zero-order chi connectivity index (χ0) is 42.2. The molecule has 0 N–H and O–H groups in total. The maximum absolute atomic E-state index is 2.66. The molecule has 0 radical (unpaired) electrons. The van der Waals surface area contributed by atoms with Crippen molar-refractivity contribution in [2.75, 3.05) is 4.90 Å². The average molecular weight is 822 g/mol. The molecule has 0 heterocycles. The van der Waals surface area contributed by atoms with Gasteiger partial charge in [0, 0.05) is 16.9 Å². The van der Waals surface area contributed by atoms with Crippen LogP contribution >= 0.6 is 0 Å². The van der Waals surface area contributed by atoms with Gasteiger partial charge in [-0.1, -0.05) is 196 Å². The van der Waals surface area contributed by atoms with Gasteiger partial charge in [0.05, 0.1) is 11.1 Å². The standard InChI is InChI=1S/C63H51N/c1-2-19-45(20-3-1)53-24-11-13-28-62(53)64(49-33-29-46(30-34-49)52-26-14-22-44-21-8-9-23-51(44)52)50-35-38-57-54-25-10-12-27-58(54)63(61(57)41-50)59-39-47(42-15-4-5-16-42)31-36-55(59)56-37-32-48(40-60(56)63)43-17-6-7-18-43/h1-3,8-14,19-43H,4-7,15-18H2. The number of nitrogens with zero attached hydrogens (tertiary/aromatic N) is 1. The summed E-state index contributed by atoms with van der Waals surface area (Å²) in [6, 6.07) is 76.6. The number of fused-ring (bicyclic) bond motifs is 11. The summed E-state index contributed by atoms with van der Waals surface area (Å²) in [7, 11) is 0. The van der Waals surface area contributed by atoms with Gasteiger partial charge in [-0.15, -0.1) is 0 Å². The van der Waals surface area contributed by atoms with Gasteiger partial charge < -0.3 is 4.90 Å². The predicted octanol–water partition coefficient (Wildman–Crippen LogP) is 17.3. The van der Waals surface area contributed by atoms with E-state index in [-0.39, 0.29) is 0 Å². The van der Waals surface area contributed by atoms with E-state index in [2.05, 4.69) is 205 Å². The van der Waals surface area contributed by atoms with Gasteiger partial charge in [0.25, 0.3) is 0 Å².